The molecule has 0 aromatic heterocycles. The molecule has 0 radical (unpaired) electrons. The average Bonchev–Trinajstić information content (AvgIpc) is 3.47. The maximum absolute atomic E-state index is 12.3. The van der Waals surface area contributed by atoms with Crippen molar-refractivity contribution in [1.82, 2.24) is 0 Å². The van der Waals surface area contributed by atoms with Gasteiger partial charge in [0.2, 0.25) is 0 Å². The predicted octanol–water partition coefficient (Wildman–Crippen LogP) is 8.28. The van der Waals surface area contributed by atoms with Gasteiger partial charge in [-0.15, -0.1) is 6.58 Å². The molecule has 0 amide bonds. The fourth-order valence-corrected chi connectivity index (χ4v) is 6.37. The fraction of sp³-hybridized carbons (Fsp3) is 0.833. The summed E-state index contributed by atoms with van der Waals surface area (Å²) in [6, 6.07) is 0. The minimum atomic E-state index is -2.07. The van der Waals surface area contributed by atoms with E-state index in [-0.39, 0.29) is 53.0 Å². The van der Waals surface area contributed by atoms with Crippen molar-refractivity contribution in [3.05, 3.63) is 24.3 Å². The minimum absolute atomic E-state index is 0.0169. The zero-order valence-corrected chi connectivity index (χ0v) is 28.7. The molecule has 5 atom stereocenters. The van der Waals surface area contributed by atoms with Crippen molar-refractivity contribution in [1.29, 1.82) is 0 Å². The highest BCUT2D eigenvalue weighted by molar-refractivity contribution is 6.74. The Bertz CT molecular complexity index is 811. The normalized spacial score (nSPS) is 22.3. The van der Waals surface area contributed by atoms with Crippen molar-refractivity contribution >= 4 is 22.6 Å². The number of carbonyl (C=O) groups is 1. The molecule has 0 spiro atoms. The van der Waals surface area contributed by atoms with Crippen LogP contribution in [0.2, 0.25) is 36.3 Å². The zero-order valence-electron chi connectivity index (χ0n) is 26.7. The first-order valence-corrected chi connectivity index (χ1v) is 19.7. The van der Waals surface area contributed by atoms with Crippen LogP contribution in [-0.2, 0) is 23.1 Å². The van der Waals surface area contributed by atoms with E-state index >= 15 is 0 Å². The number of epoxide rings is 1. The van der Waals surface area contributed by atoms with E-state index in [1.54, 1.807) is 0 Å². The summed E-state index contributed by atoms with van der Waals surface area (Å²) in [4.78, 5) is 12.3. The van der Waals surface area contributed by atoms with Crippen LogP contribution in [-0.4, -0.2) is 53.6 Å². The van der Waals surface area contributed by atoms with Gasteiger partial charge in [0, 0.05) is 5.92 Å². The van der Waals surface area contributed by atoms with E-state index in [2.05, 4.69) is 87.3 Å². The summed E-state index contributed by atoms with van der Waals surface area (Å²) in [5.41, 5.74) is 0.505. The number of esters is 1. The van der Waals surface area contributed by atoms with Crippen LogP contribution in [0.4, 0.5) is 0 Å². The van der Waals surface area contributed by atoms with Gasteiger partial charge >= 0.3 is 5.97 Å². The molecule has 0 saturated carbocycles. The van der Waals surface area contributed by atoms with Gasteiger partial charge in [-0.3, -0.25) is 4.79 Å². The van der Waals surface area contributed by atoms with Gasteiger partial charge in [0.15, 0.2) is 16.6 Å². The Hall–Kier alpha value is -0.736. The maximum Gasteiger partial charge on any atom is 0.311 e. The third kappa shape index (κ3) is 9.75. The lowest BCUT2D eigenvalue weighted by Crippen LogP contribution is -2.48. The van der Waals surface area contributed by atoms with E-state index in [4.69, 9.17) is 18.3 Å². The number of hydrogen-bond donors (Lipinski definition) is 0. The molecule has 7 heteroatoms. The highest BCUT2D eigenvalue weighted by Crippen LogP contribution is 2.45. The van der Waals surface area contributed by atoms with E-state index in [0.29, 0.717) is 0 Å². The van der Waals surface area contributed by atoms with E-state index < -0.39 is 22.0 Å². The summed E-state index contributed by atoms with van der Waals surface area (Å²) in [6.07, 6.45) is 4.69. The highest BCUT2D eigenvalue weighted by Gasteiger charge is 2.55. The number of rotatable bonds is 12. The molecule has 1 rings (SSSR count). The second kappa shape index (κ2) is 12.2. The summed E-state index contributed by atoms with van der Waals surface area (Å²) in [6.45, 7) is 36.8. The summed E-state index contributed by atoms with van der Waals surface area (Å²) >= 11 is 0. The first-order valence-electron chi connectivity index (χ1n) is 13.9. The Morgan fingerprint density at radius 2 is 1.41 bits per heavy atom. The van der Waals surface area contributed by atoms with E-state index in [9.17, 15) is 4.79 Å². The molecule has 0 N–H and O–H groups in total. The molecule has 0 aliphatic carbocycles. The molecule has 37 heavy (non-hydrogen) atoms. The highest BCUT2D eigenvalue weighted by atomic mass is 28.4. The Labute approximate surface area is 231 Å². The molecule has 1 heterocycles. The molecule has 1 aliphatic rings. The molecular weight excluding hydrogens is 496 g/mol. The van der Waals surface area contributed by atoms with Crippen LogP contribution in [0.3, 0.4) is 0 Å². The molecule has 1 aliphatic heterocycles. The number of hydrogen-bond acceptors (Lipinski definition) is 5. The molecule has 0 bridgehead atoms. The summed E-state index contributed by atoms with van der Waals surface area (Å²) in [7, 11) is -4.05. The predicted molar refractivity (Wildman–Crippen MR) is 161 cm³/mol. The average molecular weight is 555 g/mol. The van der Waals surface area contributed by atoms with Gasteiger partial charge in [0.1, 0.15) is 18.8 Å². The van der Waals surface area contributed by atoms with Gasteiger partial charge < -0.3 is 18.3 Å². The maximum atomic E-state index is 12.3. The Kier molecular flexibility index (Phi) is 11.3. The molecule has 0 aromatic carbocycles. The van der Waals surface area contributed by atoms with Gasteiger partial charge in [-0.05, 0) is 76.0 Å². The smallest absolute Gasteiger partial charge is 0.311 e. The van der Waals surface area contributed by atoms with Crippen molar-refractivity contribution in [3.63, 3.8) is 0 Å². The second-order valence-electron chi connectivity index (χ2n) is 15.0. The minimum Gasteiger partial charge on any atom is -0.461 e. The lowest BCUT2D eigenvalue weighted by molar-refractivity contribution is -0.151. The van der Waals surface area contributed by atoms with Gasteiger partial charge in [-0.25, -0.2) is 0 Å². The lowest BCUT2D eigenvalue weighted by atomic mass is 9.96. The van der Waals surface area contributed by atoms with Crippen LogP contribution in [0.15, 0.2) is 24.3 Å². The quantitative estimate of drug-likeness (QED) is 0.105. The zero-order chi connectivity index (χ0) is 29.2. The first-order chi connectivity index (χ1) is 16.4. The van der Waals surface area contributed by atoms with Crippen LogP contribution in [0.25, 0.3) is 0 Å². The molecular formula is C30H58O5Si2. The van der Waals surface area contributed by atoms with Gasteiger partial charge in [-0.2, -0.15) is 0 Å². The largest absolute Gasteiger partial charge is 0.461 e. The SMILES string of the molecule is C=CC[C@@H](O[Si](C)(C)C(C)(C)C)[C@@H]1O[C@H]1[C@@H](O[Si](C)(C)C(C)(C)C)[C@H](C)/C=C(\C)COC(=O)C(C)(C)C. The first kappa shape index (κ1) is 34.3. The van der Waals surface area contributed by atoms with E-state index in [1.807, 2.05) is 33.8 Å². The van der Waals surface area contributed by atoms with Crippen molar-refractivity contribution in [3.8, 4) is 0 Å². The Morgan fingerprint density at radius 3 is 1.84 bits per heavy atom. The van der Waals surface area contributed by atoms with Gasteiger partial charge in [0.05, 0.1) is 17.6 Å². The van der Waals surface area contributed by atoms with E-state index in [0.717, 1.165) is 12.0 Å². The summed E-state index contributed by atoms with van der Waals surface area (Å²) < 4.78 is 25.8. The van der Waals surface area contributed by atoms with Crippen molar-refractivity contribution < 1.29 is 23.1 Å². The van der Waals surface area contributed by atoms with Crippen LogP contribution in [0, 0.1) is 11.3 Å². The Balaban J connectivity index is 3.19. The molecule has 0 aromatic rings. The summed E-state index contributed by atoms with van der Waals surface area (Å²) in [5, 5.41) is 0.194. The standard InChI is InChI=1S/C30H58O5Si2/c1-17-18-23(34-36(13,14)29(7,8)9)25-26(33-25)24(35-37(15,16)30(10,11)12)22(3)19-21(2)20-32-27(31)28(4,5)6/h17,19,22-26H,1,18,20H2,2-16H3/b21-19+/t22-,23-,24+,25+,26+/m1/s1. The van der Waals surface area contributed by atoms with Crippen molar-refractivity contribution in [2.45, 2.75) is 143 Å². The molecule has 5 nitrogen and oxygen atoms in total. The van der Waals surface area contributed by atoms with E-state index in [1.165, 1.54) is 0 Å². The van der Waals surface area contributed by atoms with Crippen LogP contribution >= 0.6 is 0 Å². The van der Waals surface area contributed by atoms with Gasteiger partial charge in [-0.1, -0.05) is 60.6 Å². The third-order valence-electron chi connectivity index (χ3n) is 8.25. The van der Waals surface area contributed by atoms with Crippen molar-refractivity contribution in [2.24, 2.45) is 11.3 Å². The van der Waals surface area contributed by atoms with Crippen LogP contribution in [0.5, 0.6) is 0 Å². The molecule has 0 unspecified atom stereocenters. The monoisotopic (exact) mass is 554 g/mol. The summed E-state index contributed by atoms with van der Waals surface area (Å²) in [5.74, 6) is -0.0997. The van der Waals surface area contributed by atoms with Crippen LogP contribution in [0.1, 0.15) is 82.6 Å². The Morgan fingerprint density at radius 1 is 0.919 bits per heavy atom. The third-order valence-corrected chi connectivity index (χ3v) is 17.2. The number of ether oxygens (including phenoxy) is 2. The molecule has 1 fully saturated rings. The number of carbonyl (C=O) groups excluding carboxylic acids is 1. The molecule has 216 valence electrons. The fourth-order valence-electron chi connectivity index (χ4n) is 3.65. The lowest BCUT2D eigenvalue weighted by Gasteiger charge is -2.41. The topological polar surface area (TPSA) is 57.3 Å². The van der Waals surface area contributed by atoms with Crippen LogP contribution < -0.4 is 0 Å². The molecule has 1 saturated heterocycles. The van der Waals surface area contributed by atoms with Gasteiger partial charge in [0.25, 0.3) is 0 Å². The second-order valence-corrected chi connectivity index (χ2v) is 24.6. The van der Waals surface area contributed by atoms with Crippen molar-refractivity contribution in [2.75, 3.05) is 6.61 Å².